The number of anilines is 2. The van der Waals surface area contributed by atoms with Crippen LogP contribution in [0.3, 0.4) is 0 Å². The second-order valence-electron chi connectivity index (χ2n) is 6.21. The first kappa shape index (κ1) is 18.8. The minimum atomic E-state index is -0.116. The highest BCUT2D eigenvalue weighted by Crippen LogP contribution is 2.36. The van der Waals surface area contributed by atoms with Crippen LogP contribution in [0.25, 0.3) is 0 Å². The molecule has 0 bridgehead atoms. The second kappa shape index (κ2) is 7.75. The van der Waals surface area contributed by atoms with E-state index >= 15 is 0 Å². The zero-order valence-electron chi connectivity index (χ0n) is 15.3. The molecule has 26 heavy (non-hydrogen) atoms. The quantitative estimate of drug-likeness (QED) is 0.573. The maximum Gasteiger partial charge on any atom is 0.234 e. The number of amides is 2. The van der Waals surface area contributed by atoms with Crippen molar-refractivity contribution in [1.29, 1.82) is 0 Å². The van der Waals surface area contributed by atoms with Crippen molar-refractivity contribution >= 4 is 45.7 Å². The second-order valence-corrected chi connectivity index (χ2v) is 8.38. The van der Waals surface area contributed by atoms with Crippen molar-refractivity contribution in [3.05, 3.63) is 11.4 Å². The Morgan fingerprint density at radius 1 is 1.35 bits per heavy atom. The van der Waals surface area contributed by atoms with E-state index in [9.17, 15) is 9.59 Å². The predicted molar refractivity (Wildman–Crippen MR) is 103 cm³/mol. The predicted octanol–water partition coefficient (Wildman–Crippen LogP) is 2.52. The average molecular weight is 395 g/mol. The lowest BCUT2D eigenvalue weighted by molar-refractivity contribution is -0.118. The molecule has 2 aromatic heterocycles. The van der Waals surface area contributed by atoms with E-state index in [4.69, 9.17) is 0 Å². The molecule has 1 fully saturated rings. The van der Waals surface area contributed by atoms with Gasteiger partial charge in [0.05, 0.1) is 22.8 Å². The molecule has 2 aromatic rings. The summed E-state index contributed by atoms with van der Waals surface area (Å²) in [5.74, 6) is 0.184. The smallest absolute Gasteiger partial charge is 0.234 e. The van der Waals surface area contributed by atoms with Crippen molar-refractivity contribution in [3.8, 4) is 0 Å². The van der Waals surface area contributed by atoms with Gasteiger partial charge in [0.25, 0.3) is 0 Å². The van der Waals surface area contributed by atoms with Gasteiger partial charge in [-0.15, -0.1) is 10.2 Å². The van der Waals surface area contributed by atoms with Crippen molar-refractivity contribution in [2.24, 2.45) is 7.05 Å². The first-order valence-electron chi connectivity index (χ1n) is 8.49. The molecular weight excluding hydrogens is 372 g/mol. The number of hydrogen-bond acceptors (Lipinski definition) is 7. The molecule has 0 radical (unpaired) electrons. The number of hydrogen-bond donors (Lipinski definition) is 1. The van der Waals surface area contributed by atoms with Gasteiger partial charge in [0.1, 0.15) is 0 Å². The van der Waals surface area contributed by atoms with Gasteiger partial charge in [-0.05, 0) is 26.7 Å². The van der Waals surface area contributed by atoms with E-state index in [0.29, 0.717) is 15.9 Å². The molecule has 1 aliphatic carbocycles. The van der Waals surface area contributed by atoms with Crippen LogP contribution in [-0.4, -0.2) is 43.6 Å². The van der Waals surface area contributed by atoms with Crippen LogP contribution in [0.15, 0.2) is 4.34 Å². The molecule has 2 heterocycles. The topological polar surface area (TPSA) is 93.0 Å². The fraction of sp³-hybridized carbons (Fsp3) is 0.562. The van der Waals surface area contributed by atoms with Gasteiger partial charge < -0.3 is 5.32 Å². The summed E-state index contributed by atoms with van der Waals surface area (Å²) < 4.78 is 2.43. The maximum absolute atomic E-state index is 12.2. The number of aryl methyl sites for hydroxylation is 2. The van der Waals surface area contributed by atoms with Gasteiger partial charge in [0, 0.05) is 19.5 Å². The summed E-state index contributed by atoms with van der Waals surface area (Å²) in [6, 6.07) is 0.257. The van der Waals surface area contributed by atoms with E-state index in [2.05, 4.69) is 20.6 Å². The fourth-order valence-electron chi connectivity index (χ4n) is 2.59. The molecule has 10 heteroatoms. The zero-order valence-corrected chi connectivity index (χ0v) is 16.9. The molecular formula is C16H22N6O2S2. The highest BCUT2D eigenvalue weighted by Gasteiger charge is 2.35. The number of nitrogens with one attached hydrogen (secondary N) is 1. The number of carbonyl (C=O) groups excluding carboxylic acids is 2. The molecule has 0 aliphatic heterocycles. The van der Waals surface area contributed by atoms with E-state index < -0.39 is 0 Å². The molecule has 3 rings (SSSR count). The molecule has 0 spiro atoms. The first-order valence-corrected chi connectivity index (χ1v) is 10.3. The van der Waals surface area contributed by atoms with Crippen molar-refractivity contribution in [1.82, 2.24) is 20.0 Å². The highest BCUT2D eigenvalue weighted by atomic mass is 32.2. The summed E-state index contributed by atoms with van der Waals surface area (Å²) in [4.78, 5) is 26.1. The van der Waals surface area contributed by atoms with Crippen LogP contribution < -0.4 is 10.2 Å². The molecule has 0 atom stereocenters. The van der Waals surface area contributed by atoms with Crippen molar-refractivity contribution in [2.45, 2.75) is 50.4 Å². The maximum atomic E-state index is 12.2. The van der Waals surface area contributed by atoms with Crippen LogP contribution >= 0.6 is 23.1 Å². The Bertz CT molecular complexity index is 827. The Morgan fingerprint density at radius 3 is 2.65 bits per heavy atom. The van der Waals surface area contributed by atoms with Gasteiger partial charge in [-0.3, -0.25) is 19.2 Å². The number of aromatic nitrogens is 4. The van der Waals surface area contributed by atoms with Crippen LogP contribution in [-0.2, 0) is 16.6 Å². The molecule has 1 N–H and O–H groups in total. The number of carbonyl (C=O) groups is 2. The third kappa shape index (κ3) is 4.07. The largest absolute Gasteiger partial charge is 0.322 e. The molecule has 0 aromatic carbocycles. The summed E-state index contributed by atoms with van der Waals surface area (Å²) in [5, 5.41) is 16.1. The molecule has 2 amide bonds. The lowest BCUT2D eigenvalue weighted by atomic mass is 10.3. The van der Waals surface area contributed by atoms with E-state index in [1.54, 1.807) is 9.58 Å². The average Bonchev–Trinajstić information content (AvgIpc) is 3.28. The lowest BCUT2D eigenvalue weighted by Gasteiger charge is -2.17. The lowest BCUT2D eigenvalue weighted by Crippen LogP contribution is -2.32. The summed E-state index contributed by atoms with van der Waals surface area (Å²) >= 11 is 2.68. The van der Waals surface area contributed by atoms with E-state index in [1.807, 2.05) is 27.8 Å². The summed E-state index contributed by atoms with van der Waals surface area (Å²) in [7, 11) is 1.85. The third-order valence-corrected chi connectivity index (χ3v) is 6.24. The van der Waals surface area contributed by atoms with Gasteiger partial charge in [-0.1, -0.05) is 30.0 Å². The minimum absolute atomic E-state index is 0.0699. The van der Waals surface area contributed by atoms with Crippen LogP contribution in [0, 0.1) is 13.8 Å². The Kier molecular flexibility index (Phi) is 5.61. The van der Waals surface area contributed by atoms with Crippen LogP contribution in [0.1, 0.15) is 37.6 Å². The van der Waals surface area contributed by atoms with E-state index in [1.165, 1.54) is 23.1 Å². The van der Waals surface area contributed by atoms with Crippen molar-refractivity contribution in [2.75, 3.05) is 16.0 Å². The molecule has 1 aliphatic rings. The third-order valence-electron chi connectivity index (χ3n) is 4.19. The Morgan fingerprint density at radius 2 is 2.08 bits per heavy atom. The summed E-state index contributed by atoms with van der Waals surface area (Å²) in [6.07, 6.45) is 2.48. The molecule has 0 saturated heterocycles. The first-order chi connectivity index (χ1) is 12.4. The number of thioether (sulfide) groups is 1. The van der Waals surface area contributed by atoms with Gasteiger partial charge in [-0.2, -0.15) is 5.10 Å². The summed E-state index contributed by atoms with van der Waals surface area (Å²) in [5.41, 5.74) is 2.46. The van der Waals surface area contributed by atoms with Crippen LogP contribution in [0.4, 0.5) is 10.8 Å². The van der Waals surface area contributed by atoms with Gasteiger partial charge >= 0.3 is 0 Å². The van der Waals surface area contributed by atoms with Crippen LogP contribution in [0.5, 0.6) is 0 Å². The Labute approximate surface area is 160 Å². The van der Waals surface area contributed by atoms with Gasteiger partial charge in [0.2, 0.25) is 16.9 Å². The van der Waals surface area contributed by atoms with Crippen molar-refractivity contribution in [3.63, 3.8) is 0 Å². The molecule has 0 unspecified atom stereocenters. The molecule has 140 valence electrons. The Balaban J connectivity index is 1.59. The zero-order chi connectivity index (χ0) is 18.8. The van der Waals surface area contributed by atoms with E-state index in [0.717, 1.165) is 29.9 Å². The van der Waals surface area contributed by atoms with Crippen LogP contribution in [0.2, 0.25) is 0 Å². The Hall–Kier alpha value is -1.94. The molecule has 1 saturated carbocycles. The van der Waals surface area contributed by atoms with E-state index in [-0.39, 0.29) is 23.6 Å². The normalized spacial score (nSPS) is 13.7. The van der Waals surface area contributed by atoms with Crippen molar-refractivity contribution < 1.29 is 9.59 Å². The van der Waals surface area contributed by atoms with Gasteiger partial charge in [-0.25, -0.2) is 0 Å². The number of nitrogens with zero attached hydrogens (tertiary/aromatic N) is 5. The fourth-order valence-corrected chi connectivity index (χ4v) is 4.32. The SMILES string of the molecule is CCC(=O)N(c1nnc(SCC(=O)Nc2c(C)nn(C)c2C)s1)C1CC1. The monoisotopic (exact) mass is 394 g/mol. The highest BCUT2D eigenvalue weighted by molar-refractivity contribution is 8.01. The summed E-state index contributed by atoms with van der Waals surface area (Å²) in [6.45, 7) is 5.63. The van der Waals surface area contributed by atoms with Gasteiger partial charge in [0.15, 0.2) is 4.34 Å². The minimum Gasteiger partial charge on any atom is -0.322 e. The molecule has 8 nitrogen and oxygen atoms in total. The number of rotatable bonds is 7. The standard InChI is InChI=1S/C16H22N6O2S2/c1-5-13(24)22(11-6-7-11)15-18-19-16(26-15)25-8-12(23)17-14-9(2)20-21(4)10(14)3/h11H,5-8H2,1-4H3,(H,17,23).